The summed E-state index contributed by atoms with van der Waals surface area (Å²) in [4.78, 5) is 12.1. The van der Waals surface area contributed by atoms with E-state index < -0.39 is 23.5 Å². The fraction of sp³-hybridized carbons (Fsp3) is 0.450. The number of fused-ring (bicyclic) bond motifs is 1. The van der Waals surface area contributed by atoms with Gasteiger partial charge in [0.05, 0.1) is 11.5 Å². The number of halogens is 3. The number of hydrogen-bond donors (Lipinski definition) is 1. The molecule has 7 heteroatoms. The molecule has 146 valence electrons. The van der Waals surface area contributed by atoms with Crippen LogP contribution in [0.3, 0.4) is 0 Å². The van der Waals surface area contributed by atoms with Crippen LogP contribution < -0.4 is 10.2 Å². The van der Waals surface area contributed by atoms with Crippen LogP contribution in [0.25, 0.3) is 10.8 Å². The zero-order valence-electron chi connectivity index (χ0n) is 15.7. The average Bonchev–Trinajstić information content (AvgIpc) is 2.78. The van der Waals surface area contributed by atoms with Crippen molar-refractivity contribution in [3.8, 4) is 5.75 Å². The van der Waals surface area contributed by atoms with Crippen LogP contribution in [0.1, 0.15) is 39.3 Å². The maximum atomic E-state index is 14.1. The largest absolute Gasteiger partial charge is 0.490 e. The van der Waals surface area contributed by atoms with E-state index in [1.165, 1.54) is 6.07 Å². The maximum absolute atomic E-state index is 14.1. The lowest BCUT2D eigenvalue weighted by Gasteiger charge is -2.31. The van der Waals surface area contributed by atoms with Crippen LogP contribution in [0.15, 0.2) is 36.4 Å². The highest BCUT2D eigenvalue weighted by Gasteiger charge is 2.51. The second-order valence-corrected chi connectivity index (χ2v) is 7.76. The molecule has 2 aromatic rings. The zero-order valence-corrected chi connectivity index (χ0v) is 15.7. The molecule has 1 amide bonds. The summed E-state index contributed by atoms with van der Waals surface area (Å²) in [7, 11) is 0. The Hall–Kier alpha value is -2.28. The summed E-state index contributed by atoms with van der Waals surface area (Å²) in [6.07, 6.45) is -4.76. The lowest BCUT2D eigenvalue weighted by atomic mass is 9.93. The van der Waals surface area contributed by atoms with Crippen molar-refractivity contribution in [2.24, 2.45) is 5.41 Å². The molecule has 1 aliphatic heterocycles. The Morgan fingerprint density at radius 1 is 1.15 bits per heavy atom. The van der Waals surface area contributed by atoms with Gasteiger partial charge in [-0.1, -0.05) is 30.3 Å². The zero-order chi connectivity index (χ0) is 20.0. The Bertz CT molecular complexity index is 857. The molecule has 0 radical (unpaired) electrons. The number of carbonyl (C=O) groups excluding carboxylic acids is 1. The Morgan fingerprint density at radius 2 is 1.78 bits per heavy atom. The van der Waals surface area contributed by atoms with Gasteiger partial charge in [0.25, 0.3) is 0 Å². The van der Waals surface area contributed by atoms with Gasteiger partial charge < -0.3 is 4.74 Å². The predicted molar refractivity (Wildman–Crippen MR) is 97.1 cm³/mol. The summed E-state index contributed by atoms with van der Waals surface area (Å²) in [5, 5.41) is 2.06. The van der Waals surface area contributed by atoms with Gasteiger partial charge in [-0.05, 0) is 44.7 Å². The molecule has 4 nitrogen and oxygen atoms in total. The minimum Gasteiger partial charge on any atom is -0.490 e. The predicted octanol–water partition coefficient (Wildman–Crippen LogP) is 4.60. The summed E-state index contributed by atoms with van der Waals surface area (Å²) >= 11 is 0. The number of alkyl halides is 3. The molecule has 0 bridgehead atoms. The number of hydrazine groups is 1. The van der Waals surface area contributed by atoms with Gasteiger partial charge in [0.15, 0.2) is 6.04 Å². The van der Waals surface area contributed by atoms with Crippen LogP contribution >= 0.6 is 0 Å². The SMILES string of the molecule is CC(C)Oc1cccc2cccc(C(N3CC(C)(C)C(=O)N3)C(F)(F)F)c12. The lowest BCUT2D eigenvalue weighted by molar-refractivity contribution is -0.191. The van der Waals surface area contributed by atoms with Crippen LogP contribution in [0.2, 0.25) is 0 Å². The average molecular weight is 380 g/mol. The third kappa shape index (κ3) is 3.74. The number of carbonyl (C=O) groups is 1. The normalized spacial score (nSPS) is 18.7. The first-order valence-electron chi connectivity index (χ1n) is 8.83. The quantitative estimate of drug-likeness (QED) is 0.843. The smallest absolute Gasteiger partial charge is 0.409 e. The molecule has 1 heterocycles. The van der Waals surface area contributed by atoms with E-state index in [0.717, 1.165) is 5.01 Å². The monoisotopic (exact) mass is 380 g/mol. The molecule has 1 unspecified atom stereocenters. The molecule has 1 aliphatic rings. The summed E-state index contributed by atoms with van der Waals surface area (Å²) in [5.74, 6) is -0.0206. The van der Waals surface area contributed by atoms with Gasteiger partial charge in [0.2, 0.25) is 5.91 Å². The van der Waals surface area contributed by atoms with Gasteiger partial charge >= 0.3 is 6.18 Å². The number of amides is 1. The standard InChI is InChI=1S/C20H23F3N2O2/c1-12(2)27-15-10-6-8-13-7-5-9-14(16(13)15)17(20(21,22)23)25-11-19(3,4)18(26)24-25/h5-10,12,17H,11H2,1-4H3,(H,24,26). The van der Waals surface area contributed by atoms with Gasteiger partial charge in [0.1, 0.15) is 5.75 Å². The number of nitrogens with zero attached hydrogens (tertiary/aromatic N) is 1. The van der Waals surface area contributed by atoms with Crippen molar-refractivity contribution in [2.75, 3.05) is 6.54 Å². The van der Waals surface area contributed by atoms with E-state index in [1.54, 1.807) is 44.2 Å². The van der Waals surface area contributed by atoms with Crippen molar-refractivity contribution in [1.29, 1.82) is 0 Å². The van der Waals surface area contributed by atoms with Crippen LogP contribution in [0, 0.1) is 5.41 Å². The molecule has 0 aromatic heterocycles. The van der Waals surface area contributed by atoms with Crippen molar-refractivity contribution in [2.45, 2.75) is 46.0 Å². The molecule has 1 atom stereocenters. The van der Waals surface area contributed by atoms with E-state index in [4.69, 9.17) is 4.74 Å². The highest BCUT2D eigenvalue weighted by molar-refractivity contribution is 5.92. The van der Waals surface area contributed by atoms with Crippen LogP contribution in [0.5, 0.6) is 5.75 Å². The van der Waals surface area contributed by atoms with E-state index in [-0.39, 0.29) is 18.2 Å². The second kappa shape index (κ2) is 6.71. The van der Waals surface area contributed by atoms with Crippen molar-refractivity contribution in [3.05, 3.63) is 42.0 Å². The number of ether oxygens (including phenoxy) is 1. The molecule has 3 rings (SSSR count). The molecule has 27 heavy (non-hydrogen) atoms. The van der Waals surface area contributed by atoms with Crippen LogP contribution in [-0.2, 0) is 4.79 Å². The molecule has 0 spiro atoms. The first-order valence-corrected chi connectivity index (χ1v) is 8.83. The molecule has 2 aromatic carbocycles. The van der Waals surface area contributed by atoms with Gasteiger partial charge in [-0.25, -0.2) is 5.01 Å². The molecule has 1 N–H and O–H groups in total. The molecule has 1 fully saturated rings. The van der Waals surface area contributed by atoms with Gasteiger partial charge in [-0.15, -0.1) is 0 Å². The number of rotatable bonds is 4. The Labute approximate surface area is 156 Å². The van der Waals surface area contributed by atoms with Gasteiger partial charge in [0, 0.05) is 11.9 Å². The fourth-order valence-corrected chi connectivity index (χ4v) is 3.41. The molecular weight excluding hydrogens is 357 g/mol. The number of hydrogen-bond acceptors (Lipinski definition) is 3. The van der Waals surface area contributed by atoms with Crippen molar-refractivity contribution in [1.82, 2.24) is 10.4 Å². The first kappa shape index (κ1) is 19.5. The van der Waals surface area contributed by atoms with Crippen molar-refractivity contribution >= 4 is 16.7 Å². The summed E-state index contributed by atoms with van der Waals surface area (Å²) < 4.78 is 48.2. The van der Waals surface area contributed by atoms with Gasteiger partial charge in [-0.3, -0.25) is 10.2 Å². The Kier molecular flexibility index (Phi) is 4.84. The third-order valence-corrected chi connectivity index (χ3v) is 4.60. The molecule has 1 saturated heterocycles. The first-order chi connectivity index (χ1) is 12.5. The van der Waals surface area contributed by atoms with E-state index in [1.807, 2.05) is 13.8 Å². The third-order valence-electron chi connectivity index (χ3n) is 4.60. The summed E-state index contributed by atoms with van der Waals surface area (Å²) in [6, 6.07) is 8.02. The van der Waals surface area contributed by atoms with Crippen LogP contribution in [-0.4, -0.2) is 29.7 Å². The van der Waals surface area contributed by atoms with E-state index >= 15 is 0 Å². The van der Waals surface area contributed by atoms with Crippen molar-refractivity contribution in [3.63, 3.8) is 0 Å². The van der Waals surface area contributed by atoms with E-state index in [0.29, 0.717) is 16.5 Å². The Morgan fingerprint density at radius 3 is 2.30 bits per heavy atom. The molecular formula is C20H23F3N2O2. The maximum Gasteiger partial charge on any atom is 0.409 e. The summed E-state index contributed by atoms with van der Waals surface area (Å²) in [5.41, 5.74) is 1.57. The van der Waals surface area contributed by atoms with E-state index in [9.17, 15) is 18.0 Å². The van der Waals surface area contributed by atoms with Crippen molar-refractivity contribution < 1.29 is 22.7 Å². The molecule has 0 aliphatic carbocycles. The van der Waals surface area contributed by atoms with Crippen LogP contribution in [0.4, 0.5) is 13.2 Å². The topological polar surface area (TPSA) is 41.6 Å². The lowest BCUT2D eigenvalue weighted by Crippen LogP contribution is -2.43. The number of benzene rings is 2. The molecule has 0 saturated carbocycles. The fourth-order valence-electron chi connectivity index (χ4n) is 3.41. The minimum atomic E-state index is -4.58. The number of nitrogens with one attached hydrogen (secondary N) is 1. The van der Waals surface area contributed by atoms with Gasteiger partial charge in [-0.2, -0.15) is 13.2 Å². The highest BCUT2D eigenvalue weighted by atomic mass is 19.4. The highest BCUT2D eigenvalue weighted by Crippen LogP contribution is 2.44. The second-order valence-electron chi connectivity index (χ2n) is 7.76. The summed E-state index contributed by atoms with van der Waals surface area (Å²) in [6.45, 7) is 6.87. The minimum absolute atomic E-state index is 0.0421. The Balaban J connectivity index is 2.19. The van der Waals surface area contributed by atoms with E-state index in [2.05, 4.69) is 5.43 Å².